The predicted molar refractivity (Wildman–Crippen MR) is 140 cm³/mol. The number of benzene rings is 1. The van der Waals surface area contributed by atoms with Crippen LogP contribution in [0.1, 0.15) is 72.3 Å². The molecule has 3 N–H and O–H groups in total. The van der Waals surface area contributed by atoms with E-state index >= 15 is 0 Å². The maximum atomic E-state index is 12.4. The first kappa shape index (κ1) is 33.5. The molecule has 220 valence electrons. The van der Waals surface area contributed by atoms with E-state index in [0.29, 0.717) is 24.3 Å². The van der Waals surface area contributed by atoms with Gasteiger partial charge in [0, 0.05) is 5.92 Å². The van der Waals surface area contributed by atoms with E-state index < -0.39 is 42.5 Å². The predicted octanol–water partition coefficient (Wildman–Crippen LogP) is 5.26. The topological polar surface area (TPSA) is 170 Å². The highest BCUT2D eigenvalue weighted by atomic mass is 16.7. The molecule has 0 heterocycles. The third-order valence-electron chi connectivity index (χ3n) is 5.48. The zero-order chi connectivity index (χ0) is 29.5. The van der Waals surface area contributed by atoms with Gasteiger partial charge in [-0.05, 0) is 62.6 Å². The number of hydrogen-bond acceptors (Lipinski definition) is 11. The maximum Gasteiger partial charge on any atom is 0.513 e. The summed E-state index contributed by atoms with van der Waals surface area (Å²) in [6.07, 6.45) is -2.48. The van der Waals surface area contributed by atoms with Gasteiger partial charge >= 0.3 is 24.4 Å². The van der Waals surface area contributed by atoms with Crippen LogP contribution in [-0.4, -0.2) is 61.5 Å². The molecule has 0 saturated heterocycles. The van der Waals surface area contributed by atoms with Crippen molar-refractivity contribution in [1.82, 2.24) is 0 Å². The fourth-order valence-corrected chi connectivity index (χ4v) is 3.30. The third kappa shape index (κ3) is 13.2. The van der Waals surface area contributed by atoms with Crippen LogP contribution in [0.4, 0.5) is 14.4 Å². The second kappa shape index (κ2) is 17.1. The summed E-state index contributed by atoms with van der Waals surface area (Å²) in [6.45, 7) is 11.4. The lowest BCUT2D eigenvalue weighted by atomic mass is 9.87. The van der Waals surface area contributed by atoms with Gasteiger partial charge in [-0.2, -0.15) is 0 Å². The molecule has 1 rings (SSSR count). The molecule has 0 fully saturated rings. The van der Waals surface area contributed by atoms with Crippen molar-refractivity contribution in [3.63, 3.8) is 0 Å². The van der Waals surface area contributed by atoms with E-state index in [1.54, 1.807) is 13.8 Å². The summed E-state index contributed by atoms with van der Waals surface area (Å²) >= 11 is 0. The Morgan fingerprint density at radius 1 is 0.821 bits per heavy atom. The standard InChI is InChI=1S/C27H41NO11/c1-7-34-25(31)37-18(6)14-20(23(28)24(29)30)19-8-9-21(38-26(32)35-12-10-16(2)3)22(15-19)39-27(33)36-13-11-17(4)5/h8-9,15-18,20,23H,7,10-14,28H2,1-6H3,(H,29,30)/t18?,20?,23-/m0/s1. The average molecular weight is 556 g/mol. The minimum Gasteiger partial charge on any atom is -0.480 e. The summed E-state index contributed by atoms with van der Waals surface area (Å²) in [4.78, 5) is 48.1. The Morgan fingerprint density at radius 3 is 1.85 bits per heavy atom. The molecule has 0 bridgehead atoms. The Kier molecular flexibility index (Phi) is 14.7. The number of carboxylic acid groups (broad SMARTS) is 1. The molecule has 2 unspecified atom stereocenters. The van der Waals surface area contributed by atoms with Crippen LogP contribution in [0.5, 0.6) is 11.5 Å². The number of aliphatic carboxylic acids is 1. The summed E-state index contributed by atoms with van der Waals surface area (Å²) in [7, 11) is 0. The smallest absolute Gasteiger partial charge is 0.480 e. The van der Waals surface area contributed by atoms with Crippen LogP contribution in [0.3, 0.4) is 0 Å². The van der Waals surface area contributed by atoms with Crippen LogP contribution < -0.4 is 15.2 Å². The Labute approximate surface area is 229 Å². The van der Waals surface area contributed by atoms with Crippen molar-refractivity contribution in [2.24, 2.45) is 17.6 Å². The van der Waals surface area contributed by atoms with E-state index in [1.807, 2.05) is 27.7 Å². The van der Waals surface area contributed by atoms with E-state index in [4.69, 9.17) is 34.2 Å². The number of hydrogen-bond donors (Lipinski definition) is 2. The van der Waals surface area contributed by atoms with E-state index in [1.165, 1.54) is 18.2 Å². The van der Waals surface area contributed by atoms with Gasteiger partial charge in [0.1, 0.15) is 12.1 Å². The molecule has 1 aromatic rings. The van der Waals surface area contributed by atoms with Crippen molar-refractivity contribution in [2.45, 2.75) is 78.9 Å². The zero-order valence-electron chi connectivity index (χ0n) is 23.5. The van der Waals surface area contributed by atoms with E-state index in [0.717, 1.165) is 0 Å². The summed E-state index contributed by atoms with van der Waals surface area (Å²) in [5.74, 6) is -1.94. The Morgan fingerprint density at radius 2 is 1.36 bits per heavy atom. The summed E-state index contributed by atoms with van der Waals surface area (Å²) < 4.78 is 30.7. The number of nitrogens with two attached hydrogens (primary N) is 1. The SMILES string of the molecule is CCOC(=O)OC(C)CC(c1ccc(OC(=O)OCCC(C)C)c(OC(=O)OCCC(C)C)c1)[C@H](N)C(=O)O. The van der Waals surface area contributed by atoms with E-state index in [9.17, 15) is 24.3 Å². The first-order valence-corrected chi connectivity index (χ1v) is 13.0. The van der Waals surface area contributed by atoms with Crippen molar-refractivity contribution in [1.29, 1.82) is 0 Å². The van der Waals surface area contributed by atoms with E-state index in [2.05, 4.69) is 0 Å². The lowest BCUT2D eigenvalue weighted by Crippen LogP contribution is -2.38. The van der Waals surface area contributed by atoms with Gasteiger partial charge in [0.15, 0.2) is 11.5 Å². The normalized spacial score (nSPS) is 13.3. The largest absolute Gasteiger partial charge is 0.513 e. The van der Waals surface area contributed by atoms with Gasteiger partial charge in [0.2, 0.25) is 0 Å². The summed E-state index contributed by atoms with van der Waals surface area (Å²) in [5, 5.41) is 9.60. The zero-order valence-corrected chi connectivity index (χ0v) is 23.5. The molecule has 0 radical (unpaired) electrons. The molecule has 0 saturated carbocycles. The fourth-order valence-electron chi connectivity index (χ4n) is 3.30. The highest BCUT2D eigenvalue weighted by Crippen LogP contribution is 2.35. The van der Waals surface area contributed by atoms with Crippen LogP contribution in [0.15, 0.2) is 18.2 Å². The molecule has 12 nitrogen and oxygen atoms in total. The molecule has 0 aromatic heterocycles. The minimum absolute atomic E-state index is 0.00199. The van der Waals surface area contributed by atoms with Crippen LogP contribution in [-0.2, 0) is 23.7 Å². The van der Waals surface area contributed by atoms with Crippen molar-refractivity contribution >= 4 is 24.4 Å². The van der Waals surface area contributed by atoms with Crippen molar-refractivity contribution in [2.75, 3.05) is 19.8 Å². The number of carbonyl (C=O) groups is 4. The Balaban J connectivity index is 3.25. The first-order chi connectivity index (χ1) is 18.3. The number of carbonyl (C=O) groups excluding carboxylic acids is 3. The lowest BCUT2D eigenvalue weighted by molar-refractivity contribution is -0.139. The average Bonchev–Trinajstić information content (AvgIpc) is 2.82. The van der Waals surface area contributed by atoms with Gasteiger partial charge in [0.25, 0.3) is 0 Å². The summed E-state index contributed by atoms with van der Waals surface area (Å²) in [6, 6.07) is 2.72. The van der Waals surface area contributed by atoms with Crippen molar-refractivity contribution in [3.8, 4) is 11.5 Å². The van der Waals surface area contributed by atoms with Crippen LogP contribution in [0, 0.1) is 11.8 Å². The highest BCUT2D eigenvalue weighted by Gasteiger charge is 2.30. The van der Waals surface area contributed by atoms with Gasteiger partial charge in [0.05, 0.1) is 19.8 Å². The van der Waals surface area contributed by atoms with Gasteiger partial charge in [-0.15, -0.1) is 0 Å². The van der Waals surface area contributed by atoms with Crippen LogP contribution >= 0.6 is 0 Å². The Hall–Kier alpha value is -3.54. The summed E-state index contributed by atoms with van der Waals surface area (Å²) in [5.41, 5.74) is 6.29. The Bertz CT molecular complexity index is 948. The minimum atomic E-state index is -1.41. The fraction of sp³-hybridized carbons (Fsp3) is 0.630. The molecule has 0 aliphatic rings. The van der Waals surface area contributed by atoms with Gasteiger partial charge in [-0.25, -0.2) is 14.4 Å². The van der Waals surface area contributed by atoms with Crippen molar-refractivity contribution < 1.29 is 52.7 Å². The molecular weight excluding hydrogens is 514 g/mol. The molecule has 39 heavy (non-hydrogen) atoms. The van der Waals surface area contributed by atoms with Gasteiger partial charge in [-0.3, -0.25) is 4.79 Å². The lowest BCUT2D eigenvalue weighted by Gasteiger charge is -2.25. The molecular formula is C27H41NO11. The number of carboxylic acids is 1. The van der Waals surface area contributed by atoms with E-state index in [-0.39, 0.29) is 43.7 Å². The molecule has 12 heteroatoms. The molecule has 0 amide bonds. The molecule has 0 spiro atoms. The second-order valence-corrected chi connectivity index (χ2v) is 9.79. The third-order valence-corrected chi connectivity index (χ3v) is 5.48. The number of rotatable bonds is 15. The first-order valence-electron chi connectivity index (χ1n) is 13.0. The molecule has 0 aliphatic heterocycles. The molecule has 1 aromatic carbocycles. The molecule has 3 atom stereocenters. The quantitative estimate of drug-likeness (QED) is 0.164. The number of ether oxygens (including phenoxy) is 6. The van der Waals surface area contributed by atoms with Gasteiger partial charge < -0.3 is 39.3 Å². The van der Waals surface area contributed by atoms with Crippen LogP contribution in [0.2, 0.25) is 0 Å². The van der Waals surface area contributed by atoms with Crippen molar-refractivity contribution in [3.05, 3.63) is 23.8 Å². The second-order valence-electron chi connectivity index (χ2n) is 9.79. The molecule has 0 aliphatic carbocycles. The monoisotopic (exact) mass is 555 g/mol. The van der Waals surface area contributed by atoms with Gasteiger partial charge in [-0.1, -0.05) is 33.8 Å². The maximum absolute atomic E-state index is 12.4. The van der Waals surface area contributed by atoms with Crippen LogP contribution in [0.25, 0.3) is 0 Å². The highest BCUT2D eigenvalue weighted by molar-refractivity contribution is 5.75.